The molecule has 0 saturated carbocycles. The number of aromatic nitrogens is 1. The summed E-state index contributed by atoms with van der Waals surface area (Å²) in [7, 11) is 1.58. The first-order chi connectivity index (χ1) is 6.74. The van der Waals surface area contributed by atoms with E-state index in [2.05, 4.69) is 4.98 Å². The normalized spacial score (nSPS) is 10.1. The monoisotopic (exact) mass is 194 g/mol. The van der Waals surface area contributed by atoms with Crippen molar-refractivity contribution in [3.8, 4) is 0 Å². The van der Waals surface area contributed by atoms with Crippen LogP contribution in [0.1, 0.15) is 12.0 Å². The molecule has 0 unspecified atom stereocenters. The van der Waals surface area contributed by atoms with Gasteiger partial charge in [0.1, 0.15) is 5.78 Å². The number of Topliss-reactive ketones (excluding diaryl/α,β-unsaturated/α-hetero) is 1. The summed E-state index contributed by atoms with van der Waals surface area (Å²) in [6, 6.07) is 1.69. The maximum absolute atomic E-state index is 11.4. The summed E-state index contributed by atoms with van der Waals surface area (Å²) in [5, 5.41) is 0. The molecule has 0 aromatic carbocycles. The van der Waals surface area contributed by atoms with Gasteiger partial charge in [0, 0.05) is 43.6 Å². The van der Waals surface area contributed by atoms with Crippen molar-refractivity contribution in [2.45, 2.75) is 12.8 Å². The Bertz CT molecular complexity index is 313. The van der Waals surface area contributed by atoms with E-state index in [-0.39, 0.29) is 5.78 Å². The van der Waals surface area contributed by atoms with Gasteiger partial charge in [-0.25, -0.2) is 0 Å². The first-order valence-electron chi connectivity index (χ1n) is 4.43. The van der Waals surface area contributed by atoms with Gasteiger partial charge in [-0.1, -0.05) is 0 Å². The Labute approximate surface area is 83.1 Å². The molecule has 0 spiro atoms. The number of nitrogens with two attached hydrogens (primary N) is 1. The lowest BCUT2D eigenvalue weighted by molar-refractivity contribution is -0.119. The first kappa shape index (κ1) is 10.7. The molecule has 0 aliphatic heterocycles. The van der Waals surface area contributed by atoms with E-state index in [0.29, 0.717) is 25.1 Å². The third-order valence-corrected chi connectivity index (χ3v) is 1.91. The summed E-state index contributed by atoms with van der Waals surface area (Å²) >= 11 is 0. The van der Waals surface area contributed by atoms with E-state index in [1.807, 2.05) is 0 Å². The van der Waals surface area contributed by atoms with E-state index in [1.54, 1.807) is 25.6 Å². The van der Waals surface area contributed by atoms with Crippen molar-refractivity contribution in [2.24, 2.45) is 0 Å². The fourth-order valence-corrected chi connectivity index (χ4v) is 1.10. The van der Waals surface area contributed by atoms with Gasteiger partial charge in [0.25, 0.3) is 0 Å². The Morgan fingerprint density at radius 2 is 2.43 bits per heavy atom. The number of methoxy groups -OCH3 is 1. The van der Waals surface area contributed by atoms with Crippen LogP contribution in [-0.4, -0.2) is 24.5 Å². The maximum atomic E-state index is 11.4. The van der Waals surface area contributed by atoms with Crippen LogP contribution in [0.15, 0.2) is 18.5 Å². The summed E-state index contributed by atoms with van der Waals surface area (Å²) in [6.07, 6.45) is 3.99. The van der Waals surface area contributed by atoms with Crippen LogP contribution < -0.4 is 5.73 Å². The van der Waals surface area contributed by atoms with Gasteiger partial charge in [0.15, 0.2) is 0 Å². The summed E-state index contributed by atoms with van der Waals surface area (Å²) < 4.78 is 4.81. The van der Waals surface area contributed by atoms with Crippen LogP contribution in [0.4, 0.5) is 5.69 Å². The minimum atomic E-state index is 0.117. The zero-order chi connectivity index (χ0) is 10.4. The minimum absolute atomic E-state index is 0.117. The van der Waals surface area contributed by atoms with Crippen molar-refractivity contribution in [3.63, 3.8) is 0 Å². The van der Waals surface area contributed by atoms with E-state index >= 15 is 0 Å². The Morgan fingerprint density at radius 3 is 3.07 bits per heavy atom. The van der Waals surface area contributed by atoms with Crippen LogP contribution in [-0.2, 0) is 16.0 Å². The van der Waals surface area contributed by atoms with E-state index in [1.165, 1.54) is 0 Å². The number of hydrogen-bond acceptors (Lipinski definition) is 4. The topological polar surface area (TPSA) is 65.2 Å². The van der Waals surface area contributed by atoms with Gasteiger partial charge in [0.2, 0.25) is 0 Å². The van der Waals surface area contributed by atoms with Gasteiger partial charge < -0.3 is 10.5 Å². The second kappa shape index (κ2) is 5.34. The molecule has 1 aromatic heterocycles. The first-order valence-corrected chi connectivity index (χ1v) is 4.43. The molecule has 2 N–H and O–H groups in total. The molecule has 1 heterocycles. The number of ether oxygens (including phenoxy) is 1. The highest BCUT2D eigenvalue weighted by Crippen LogP contribution is 2.10. The molecule has 0 fully saturated rings. The average Bonchev–Trinajstić information content (AvgIpc) is 2.18. The Hall–Kier alpha value is -1.42. The van der Waals surface area contributed by atoms with Crippen molar-refractivity contribution < 1.29 is 9.53 Å². The molecule has 4 heteroatoms. The van der Waals surface area contributed by atoms with Gasteiger partial charge in [-0.15, -0.1) is 0 Å². The molecule has 0 radical (unpaired) electrons. The van der Waals surface area contributed by atoms with E-state index in [9.17, 15) is 4.79 Å². The van der Waals surface area contributed by atoms with Crippen LogP contribution in [0, 0.1) is 0 Å². The highest BCUT2D eigenvalue weighted by molar-refractivity contribution is 5.82. The molecule has 0 bridgehead atoms. The van der Waals surface area contributed by atoms with Crippen LogP contribution >= 0.6 is 0 Å². The zero-order valence-corrected chi connectivity index (χ0v) is 8.19. The number of pyridine rings is 1. The molecule has 0 aliphatic carbocycles. The molecule has 4 nitrogen and oxygen atoms in total. The molecular weight excluding hydrogens is 180 g/mol. The molecule has 76 valence electrons. The number of nitrogen functional groups attached to an aromatic ring is 1. The molecule has 0 aliphatic rings. The number of carbonyl (C=O) groups excluding carboxylic acids is 1. The lowest BCUT2D eigenvalue weighted by atomic mass is 10.1. The molecule has 1 aromatic rings. The number of nitrogens with zero attached hydrogens (tertiary/aromatic N) is 1. The number of anilines is 1. The minimum Gasteiger partial charge on any atom is -0.398 e. The fourth-order valence-electron chi connectivity index (χ4n) is 1.10. The smallest absolute Gasteiger partial charge is 0.139 e. The van der Waals surface area contributed by atoms with E-state index in [4.69, 9.17) is 10.5 Å². The zero-order valence-electron chi connectivity index (χ0n) is 8.19. The summed E-state index contributed by atoms with van der Waals surface area (Å²) in [4.78, 5) is 15.3. The number of rotatable bonds is 5. The van der Waals surface area contributed by atoms with Crippen molar-refractivity contribution in [3.05, 3.63) is 24.0 Å². The quantitative estimate of drug-likeness (QED) is 0.753. The van der Waals surface area contributed by atoms with Gasteiger partial charge in [-0.05, 0) is 6.07 Å². The number of ketones is 1. The Balaban J connectivity index is 2.52. The highest BCUT2D eigenvalue weighted by Gasteiger charge is 2.05. The average molecular weight is 194 g/mol. The second-order valence-corrected chi connectivity index (χ2v) is 3.03. The molecule has 1 rings (SSSR count). The van der Waals surface area contributed by atoms with Crippen LogP contribution in [0.3, 0.4) is 0 Å². The molecule has 0 amide bonds. The van der Waals surface area contributed by atoms with Crippen molar-refractivity contribution >= 4 is 11.5 Å². The fraction of sp³-hybridized carbons (Fsp3) is 0.400. The van der Waals surface area contributed by atoms with E-state index in [0.717, 1.165) is 5.56 Å². The van der Waals surface area contributed by atoms with Gasteiger partial charge in [0.05, 0.1) is 6.61 Å². The van der Waals surface area contributed by atoms with Crippen molar-refractivity contribution in [1.29, 1.82) is 0 Å². The van der Waals surface area contributed by atoms with Gasteiger partial charge in [-0.2, -0.15) is 0 Å². The third kappa shape index (κ3) is 3.14. The third-order valence-electron chi connectivity index (χ3n) is 1.91. The molecular formula is C10H14N2O2. The SMILES string of the molecule is COCCC(=O)Cc1cnccc1N. The largest absolute Gasteiger partial charge is 0.398 e. The lowest BCUT2D eigenvalue weighted by Gasteiger charge is -2.03. The predicted octanol–water partition coefficient (Wildman–Crippen LogP) is 0.812. The number of hydrogen-bond donors (Lipinski definition) is 1. The standard InChI is InChI=1S/C10H14N2O2/c1-14-5-3-9(13)6-8-7-12-4-2-10(8)11/h2,4,7H,3,5-6H2,1H3,(H2,11,12). The predicted molar refractivity (Wildman–Crippen MR) is 53.9 cm³/mol. The van der Waals surface area contributed by atoms with Gasteiger partial charge >= 0.3 is 0 Å². The van der Waals surface area contributed by atoms with Crippen molar-refractivity contribution in [2.75, 3.05) is 19.5 Å². The van der Waals surface area contributed by atoms with E-state index < -0.39 is 0 Å². The second-order valence-electron chi connectivity index (χ2n) is 3.03. The molecule has 14 heavy (non-hydrogen) atoms. The van der Waals surface area contributed by atoms with Gasteiger partial charge in [-0.3, -0.25) is 9.78 Å². The lowest BCUT2D eigenvalue weighted by Crippen LogP contribution is -2.08. The summed E-state index contributed by atoms with van der Waals surface area (Å²) in [6.45, 7) is 0.457. The highest BCUT2D eigenvalue weighted by atomic mass is 16.5. The summed E-state index contributed by atoms with van der Waals surface area (Å²) in [5.74, 6) is 0.117. The Morgan fingerprint density at radius 1 is 1.64 bits per heavy atom. The van der Waals surface area contributed by atoms with Crippen molar-refractivity contribution in [1.82, 2.24) is 4.98 Å². The van der Waals surface area contributed by atoms with Crippen LogP contribution in [0.5, 0.6) is 0 Å². The molecule has 0 saturated heterocycles. The Kier molecular flexibility index (Phi) is 4.07. The molecule has 0 atom stereocenters. The van der Waals surface area contributed by atoms with Crippen LogP contribution in [0.25, 0.3) is 0 Å². The number of carbonyl (C=O) groups is 1. The van der Waals surface area contributed by atoms with Crippen LogP contribution in [0.2, 0.25) is 0 Å². The maximum Gasteiger partial charge on any atom is 0.139 e. The summed E-state index contributed by atoms with van der Waals surface area (Å²) in [5.41, 5.74) is 7.08.